The molecule has 0 aliphatic heterocycles. The van der Waals surface area contributed by atoms with Gasteiger partial charge in [-0.25, -0.2) is 0 Å². The average molecular weight is 224 g/mol. The van der Waals surface area contributed by atoms with Crippen molar-refractivity contribution in [2.75, 3.05) is 5.32 Å². The van der Waals surface area contributed by atoms with Crippen molar-refractivity contribution in [1.29, 1.82) is 0 Å². The molecule has 0 heterocycles. The molecule has 0 aromatic heterocycles. The Kier molecular flexibility index (Phi) is 3.92. The first-order valence-electron chi connectivity index (χ1n) is 4.71. The van der Waals surface area contributed by atoms with Crippen molar-refractivity contribution in [3.8, 4) is 0 Å². The Bertz CT molecular complexity index is 406. The SMILES string of the molecule is CC(C)=CC(=O)Nc1cccc(Cl)c1C. The molecule has 0 radical (unpaired) electrons. The van der Waals surface area contributed by atoms with Crippen LogP contribution in [0.1, 0.15) is 19.4 Å². The minimum Gasteiger partial charge on any atom is -0.322 e. The first-order valence-corrected chi connectivity index (χ1v) is 5.09. The summed E-state index contributed by atoms with van der Waals surface area (Å²) >= 11 is 5.94. The number of allylic oxidation sites excluding steroid dienone is 1. The number of hydrogen-bond donors (Lipinski definition) is 1. The van der Waals surface area contributed by atoms with Gasteiger partial charge in [0.25, 0.3) is 0 Å². The Labute approximate surface area is 94.9 Å². The molecule has 1 aromatic carbocycles. The molecule has 2 nitrogen and oxygen atoms in total. The fourth-order valence-electron chi connectivity index (χ4n) is 1.17. The number of hydrogen-bond acceptors (Lipinski definition) is 1. The zero-order valence-corrected chi connectivity index (χ0v) is 9.85. The maximum Gasteiger partial charge on any atom is 0.248 e. The highest BCUT2D eigenvalue weighted by Gasteiger charge is 2.04. The Morgan fingerprint density at radius 3 is 2.67 bits per heavy atom. The van der Waals surface area contributed by atoms with Crippen LogP contribution in [0, 0.1) is 6.92 Å². The second-order valence-corrected chi connectivity index (χ2v) is 4.03. The van der Waals surface area contributed by atoms with E-state index >= 15 is 0 Å². The monoisotopic (exact) mass is 223 g/mol. The summed E-state index contributed by atoms with van der Waals surface area (Å²) in [4.78, 5) is 11.5. The van der Waals surface area contributed by atoms with Crippen LogP contribution in [-0.2, 0) is 4.79 Å². The summed E-state index contributed by atoms with van der Waals surface area (Å²) < 4.78 is 0. The van der Waals surface area contributed by atoms with E-state index in [0.29, 0.717) is 5.02 Å². The molecule has 0 aliphatic carbocycles. The van der Waals surface area contributed by atoms with Crippen molar-refractivity contribution < 1.29 is 4.79 Å². The number of rotatable bonds is 2. The summed E-state index contributed by atoms with van der Waals surface area (Å²) in [6, 6.07) is 5.44. The summed E-state index contributed by atoms with van der Waals surface area (Å²) in [6.07, 6.45) is 1.56. The molecular weight excluding hydrogens is 210 g/mol. The van der Waals surface area contributed by atoms with E-state index in [1.807, 2.05) is 32.9 Å². The van der Waals surface area contributed by atoms with Crippen LogP contribution in [0.3, 0.4) is 0 Å². The van der Waals surface area contributed by atoms with Crippen molar-refractivity contribution in [3.05, 3.63) is 40.4 Å². The quantitative estimate of drug-likeness (QED) is 0.764. The second-order valence-electron chi connectivity index (χ2n) is 3.62. The average Bonchev–Trinajstić information content (AvgIpc) is 2.11. The van der Waals surface area contributed by atoms with Gasteiger partial charge in [-0.2, -0.15) is 0 Å². The molecule has 0 bridgehead atoms. The van der Waals surface area contributed by atoms with Crippen LogP contribution in [0.4, 0.5) is 5.69 Å². The van der Waals surface area contributed by atoms with E-state index in [1.165, 1.54) is 0 Å². The third-order valence-electron chi connectivity index (χ3n) is 1.95. The van der Waals surface area contributed by atoms with Crippen LogP contribution >= 0.6 is 11.6 Å². The first kappa shape index (κ1) is 11.8. The molecule has 80 valence electrons. The minimum absolute atomic E-state index is 0.125. The molecule has 1 aromatic rings. The van der Waals surface area contributed by atoms with Gasteiger partial charge in [-0.1, -0.05) is 23.2 Å². The largest absolute Gasteiger partial charge is 0.322 e. The molecule has 0 unspecified atom stereocenters. The lowest BCUT2D eigenvalue weighted by Crippen LogP contribution is -2.09. The number of carbonyl (C=O) groups is 1. The zero-order chi connectivity index (χ0) is 11.4. The molecular formula is C12H14ClNO. The van der Waals surface area contributed by atoms with E-state index in [-0.39, 0.29) is 5.91 Å². The summed E-state index contributed by atoms with van der Waals surface area (Å²) in [7, 11) is 0. The van der Waals surface area contributed by atoms with E-state index in [9.17, 15) is 4.79 Å². The van der Waals surface area contributed by atoms with Crippen LogP contribution in [0.2, 0.25) is 5.02 Å². The molecule has 0 aliphatic rings. The fourth-order valence-corrected chi connectivity index (χ4v) is 1.35. The number of benzene rings is 1. The summed E-state index contributed by atoms with van der Waals surface area (Å²) in [5, 5.41) is 3.44. The third-order valence-corrected chi connectivity index (χ3v) is 2.35. The lowest BCUT2D eigenvalue weighted by Gasteiger charge is -2.07. The van der Waals surface area contributed by atoms with Gasteiger partial charge in [-0.05, 0) is 38.5 Å². The van der Waals surface area contributed by atoms with Crippen LogP contribution in [-0.4, -0.2) is 5.91 Å². The van der Waals surface area contributed by atoms with Crippen molar-refractivity contribution >= 4 is 23.2 Å². The summed E-state index contributed by atoms with van der Waals surface area (Å²) in [5.74, 6) is -0.125. The molecule has 1 N–H and O–H groups in total. The van der Waals surface area contributed by atoms with Gasteiger partial charge in [0.2, 0.25) is 5.91 Å². The molecule has 0 atom stereocenters. The smallest absolute Gasteiger partial charge is 0.248 e. The molecule has 1 rings (SSSR count). The standard InChI is InChI=1S/C12H14ClNO/c1-8(2)7-12(15)14-11-6-4-5-10(13)9(11)3/h4-7H,1-3H3,(H,14,15). The lowest BCUT2D eigenvalue weighted by atomic mass is 10.2. The predicted molar refractivity (Wildman–Crippen MR) is 64.2 cm³/mol. The van der Waals surface area contributed by atoms with E-state index in [4.69, 9.17) is 11.6 Å². The van der Waals surface area contributed by atoms with Crippen LogP contribution in [0.5, 0.6) is 0 Å². The number of carbonyl (C=O) groups excluding carboxylic acids is 1. The topological polar surface area (TPSA) is 29.1 Å². The Hall–Kier alpha value is -1.28. The van der Waals surface area contributed by atoms with E-state index in [0.717, 1.165) is 16.8 Å². The van der Waals surface area contributed by atoms with Gasteiger partial charge in [0, 0.05) is 16.8 Å². The molecule has 15 heavy (non-hydrogen) atoms. The highest BCUT2D eigenvalue weighted by Crippen LogP contribution is 2.22. The summed E-state index contributed by atoms with van der Waals surface area (Å²) in [5.41, 5.74) is 2.60. The summed E-state index contributed by atoms with van der Waals surface area (Å²) in [6.45, 7) is 5.63. The number of amides is 1. The third kappa shape index (κ3) is 3.40. The Morgan fingerprint density at radius 2 is 2.07 bits per heavy atom. The Balaban J connectivity index is 2.86. The maximum absolute atomic E-state index is 11.5. The molecule has 1 amide bonds. The highest BCUT2D eigenvalue weighted by atomic mass is 35.5. The molecule has 0 saturated heterocycles. The fraction of sp³-hybridized carbons (Fsp3) is 0.250. The number of halogens is 1. The van der Waals surface area contributed by atoms with Gasteiger partial charge >= 0.3 is 0 Å². The zero-order valence-electron chi connectivity index (χ0n) is 9.10. The minimum atomic E-state index is -0.125. The van der Waals surface area contributed by atoms with E-state index < -0.39 is 0 Å². The van der Waals surface area contributed by atoms with Gasteiger partial charge in [0.15, 0.2) is 0 Å². The number of nitrogens with one attached hydrogen (secondary N) is 1. The molecule has 3 heteroatoms. The van der Waals surface area contributed by atoms with Crippen molar-refractivity contribution in [3.63, 3.8) is 0 Å². The van der Waals surface area contributed by atoms with Crippen LogP contribution < -0.4 is 5.32 Å². The van der Waals surface area contributed by atoms with Gasteiger partial charge in [-0.3, -0.25) is 4.79 Å². The Morgan fingerprint density at radius 1 is 1.40 bits per heavy atom. The molecule has 0 fully saturated rings. The lowest BCUT2D eigenvalue weighted by molar-refractivity contribution is -0.111. The molecule has 0 spiro atoms. The van der Waals surface area contributed by atoms with Crippen molar-refractivity contribution in [1.82, 2.24) is 0 Å². The van der Waals surface area contributed by atoms with E-state index in [1.54, 1.807) is 12.1 Å². The van der Waals surface area contributed by atoms with Gasteiger partial charge in [0.05, 0.1) is 0 Å². The van der Waals surface area contributed by atoms with Crippen molar-refractivity contribution in [2.24, 2.45) is 0 Å². The number of anilines is 1. The molecule has 0 saturated carbocycles. The second kappa shape index (κ2) is 4.99. The maximum atomic E-state index is 11.5. The van der Waals surface area contributed by atoms with Gasteiger partial charge < -0.3 is 5.32 Å². The van der Waals surface area contributed by atoms with Gasteiger partial charge in [0.1, 0.15) is 0 Å². The highest BCUT2D eigenvalue weighted by molar-refractivity contribution is 6.31. The van der Waals surface area contributed by atoms with Crippen LogP contribution in [0.15, 0.2) is 29.8 Å². The normalized spacial score (nSPS) is 9.60. The first-order chi connectivity index (χ1) is 7.00. The predicted octanol–water partition coefficient (Wildman–Crippen LogP) is 3.55. The van der Waals surface area contributed by atoms with Crippen molar-refractivity contribution in [2.45, 2.75) is 20.8 Å². The van der Waals surface area contributed by atoms with E-state index in [2.05, 4.69) is 5.32 Å². The van der Waals surface area contributed by atoms with Crippen LogP contribution in [0.25, 0.3) is 0 Å². The van der Waals surface area contributed by atoms with Gasteiger partial charge in [-0.15, -0.1) is 0 Å².